The number of ether oxygens (including phenoxy) is 2. The van der Waals surface area contributed by atoms with E-state index in [1.165, 1.54) is 12.4 Å². The molecule has 38 heavy (non-hydrogen) atoms. The Bertz CT molecular complexity index is 1760. The summed E-state index contributed by atoms with van der Waals surface area (Å²) in [6.45, 7) is 1.89. The molecular formula is C27H26FN7O3. The van der Waals surface area contributed by atoms with Crippen molar-refractivity contribution >= 4 is 27.8 Å². The van der Waals surface area contributed by atoms with Crippen LogP contribution in [0.4, 0.5) is 10.2 Å². The molecule has 2 N–H and O–H groups in total. The minimum atomic E-state index is -0.576. The quantitative estimate of drug-likeness (QED) is 0.356. The number of fused-ring (bicyclic) bond motifs is 2. The van der Waals surface area contributed by atoms with Gasteiger partial charge in [-0.3, -0.25) is 9.36 Å². The molecule has 0 saturated heterocycles. The monoisotopic (exact) mass is 515 g/mol. The first-order valence-electron chi connectivity index (χ1n) is 12.3. The second-order valence-corrected chi connectivity index (χ2v) is 9.36. The van der Waals surface area contributed by atoms with Gasteiger partial charge < -0.3 is 15.2 Å². The van der Waals surface area contributed by atoms with Gasteiger partial charge in [0.25, 0.3) is 5.56 Å². The minimum absolute atomic E-state index is 0.00161. The van der Waals surface area contributed by atoms with E-state index in [0.29, 0.717) is 39.6 Å². The zero-order chi connectivity index (χ0) is 26.6. The topological polar surface area (TPSA) is 123 Å². The molecule has 1 fully saturated rings. The summed E-state index contributed by atoms with van der Waals surface area (Å²) >= 11 is 0. The summed E-state index contributed by atoms with van der Waals surface area (Å²) in [5.41, 5.74) is 8.01. The predicted molar refractivity (Wildman–Crippen MR) is 141 cm³/mol. The molecule has 0 amide bonds. The summed E-state index contributed by atoms with van der Waals surface area (Å²) < 4.78 is 28.9. The highest BCUT2D eigenvalue weighted by atomic mass is 19.1. The number of nitrogen functional groups attached to an aromatic ring is 1. The molecule has 1 aliphatic carbocycles. The first-order chi connectivity index (χ1) is 18.4. The second-order valence-electron chi connectivity index (χ2n) is 9.36. The van der Waals surface area contributed by atoms with Gasteiger partial charge in [0.05, 0.1) is 25.1 Å². The van der Waals surface area contributed by atoms with Gasteiger partial charge in [-0.25, -0.2) is 24.0 Å². The van der Waals surface area contributed by atoms with E-state index in [-0.39, 0.29) is 22.8 Å². The van der Waals surface area contributed by atoms with E-state index >= 15 is 0 Å². The Morgan fingerprint density at radius 3 is 2.58 bits per heavy atom. The van der Waals surface area contributed by atoms with E-state index < -0.39 is 11.9 Å². The Balaban J connectivity index is 1.59. The van der Waals surface area contributed by atoms with Crippen molar-refractivity contribution in [2.75, 3.05) is 20.0 Å². The molecule has 0 aliphatic heterocycles. The summed E-state index contributed by atoms with van der Waals surface area (Å²) in [5.74, 6) is 1.29. The molecule has 6 rings (SSSR count). The Labute approximate surface area is 216 Å². The zero-order valence-corrected chi connectivity index (χ0v) is 21.2. The van der Waals surface area contributed by atoms with Crippen molar-refractivity contribution in [3.05, 3.63) is 64.7 Å². The predicted octanol–water partition coefficient (Wildman–Crippen LogP) is 4.28. The normalized spacial score (nSPS) is 14.5. The van der Waals surface area contributed by atoms with E-state index in [4.69, 9.17) is 25.3 Å². The standard InChI is InChI=1S/C27H26FN7O3/c1-14(25-32-18-9-5-8-17(28)21(18)27(36)34(25)16-6-4-7-16)35-26-22(24(29)30-13-31-26)23(33-35)15-10-11-19(37-2)20(12-15)38-3/h5,8-14,16H,4,6-7H2,1-3H3,(H2,29,30,31). The van der Waals surface area contributed by atoms with Crippen LogP contribution in [-0.4, -0.2) is 43.5 Å². The first-order valence-corrected chi connectivity index (χ1v) is 12.3. The van der Waals surface area contributed by atoms with Gasteiger partial charge in [-0.2, -0.15) is 5.10 Å². The maximum Gasteiger partial charge on any atom is 0.264 e. The van der Waals surface area contributed by atoms with Crippen molar-refractivity contribution in [3.8, 4) is 22.8 Å². The molecule has 11 heteroatoms. The molecule has 3 aromatic heterocycles. The first kappa shape index (κ1) is 23.8. The fraction of sp³-hybridized carbons (Fsp3) is 0.296. The van der Waals surface area contributed by atoms with Gasteiger partial charge in [0.15, 0.2) is 17.1 Å². The third kappa shape index (κ3) is 3.57. The van der Waals surface area contributed by atoms with Crippen LogP contribution in [-0.2, 0) is 0 Å². The average Bonchev–Trinajstić information content (AvgIpc) is 3.29. The highest BCUT2D eigenvalue weighted by Gasteiger charge is 2.30. The molecule has 0 radical (unpaired) electrons. The molecule has 2 aromatic carbocycles. The number of methoxy groups -OCH3 is 2. The summed E-state index contributed by atoms with van der Waals surface area (Å²) in [4.78, 5) is 27.1. The van der Waals surface area contributed by atoms with Crippen molar-refractivity contribution in [1.82, 2.24) is 29.3 Å². The van der Waals surface area contributed by atoms with Crippen LogP contribution >= 0.6 is 0 Å². The van der Waals surface area contributed by atoms with Gasteiger partial charge in [-0.05, 0) is 56.5 Å². The number of rotatable bonds is 6. The van der Waals surface area contributed by atoms with Crippen molar-refractivity contribution in [2.45, 2.75) is 38.3 Å². The van der Waals surface area contributed by atoms with Crippen LogP contribution in [0.2, 0.25) is 0 Å². The van der Waals surface area contributed by atoms with E-state index in [9.17, 15) is 9.18 Å². The van der Waals surface area contributed by atoms with Gasteiger partial charge in [0, 0.05) is 11.6 Å². The Morgan fingerprint density at radius 2 is 1.87 bits per heavy atom. The van der Waals surface area contributed by atoms with Crippen LogP contribution in [0.15, 0.2) is 47.5 Å². The summed E-state index contributed by atoms with van der Waals surface area (Å²) in [6, 6.07) is 9.36. The third-order valence-corrected chi connectivity index (χ3v) is 7.26. The van der Waals surface area contributed by atoms with Crippen LogP contribution in [0.5, 0.6) is 11.5 Å². The second kappa shape index (κ2) is 9.09. The number of nitrogens with zero attached hydrogens (tertiary/aromatic N) is 6. The van der Waals surface area contributed by atoms with Crippen molar-refractivity contribution in [2.24, 2.45) is 0 Å². The summed E-state index contributed by atoms with van der Waals surface area (Å²) in [6.07, 6.45) is 4.03. The number of halogens is 1. The summed E-state index contributed by atoms with van der Waals surface area (Å²) in [5, 5.41) is 5.47. The molecule has 1 aliphatic rings. The number of anilines is 1. The van der Waals surface area contributed by atoms with E-state index in [1.54, 1.807) is 41.7 Å². The lowest BCUT2D eigenvalue weighted by atomic mass is 9.92. The summed E-state index contributed by atoms with van der Waals surface area (Å²) in [7, 11) is 3.13. The lowest BCUT2D eigenvalue weighted by Gasteiger charge is -2.31. The van der Waals surface area contributed by atoms with Crippen molar-refractivity contribution in [3.63, 3.8) is 0 Å². The van der Waals surface area contributed by atoms with E-state index in [0.717, 1.165) is 24.8 Å². The maximum atomic E-state index is 14.7. The fourth-order valence-corrected chi connectivity index (χ4v) is 5.07. The van der Waals surface area contributed by atoms with Gasteiger partial charge in [-0.15, -0.1) is 0 Å². The Kier molecular flexibility index (Phi) is 5.70. The number of hydrogen-bond donors (Lipinski definition) is 1. The number of nitrogens with two attached hydrogens (primary N) is 1. The molecule has 1 unspecified atom stereocenters. The average molecular weight is 516 g/mol. The number of hydrogen-bond acceptors (Lipinski definition) is 8. The van der Waals surface area contributed by atoms with Gasteiger partial charge in [-0.1, -0.05) is 6.07 Å². The lowest BCUT2D eigenvalue weighted by Crippen LogP contribution is -2.35. The molecule has 10 nitrogen and oxygen atoms in total. The number of benzene rings is 2. The molecule has 1 atom stereocenters. The highest BCUT2D eigenvalue weighted by molar-refractivity contribution is 5.98. The van der Waals surface area contributed by atoms with Crippen LogP contribution in [0.1, 0.15) is 44.1 Å². The molecule has 5 aromatic rings. The lowest BCUT2D eigenvalue weighted by molar-refractivity contribution is 0.288. The van der Waals surface area contributed by atoms with Gasteiger partial charge in [0.1, 0.15) is 40.9 Å². The molecule has 0 spiro atoms. The van der Waals surface area contributed by atoms with Crippen molar-refractivity contribution < 1.29 is 13.9 Å². The molecular weight excluding hydrogens is 489 g/mol. The fourth-order valence-electron chi connectivity index (χ4n) is 5.07. The van der Waals surface area contributed by atoms with Crippen LogP contribution in [0.3, 0.4) is 0 Å². The van der Waals surface area contributed by atoms with E-state index in [2.05, 4.69) is 9.97 Å². The van der Waals surface area contributed by atoms with E-state index in [1.807, 2.05) is 19.1 Å². The molecule has 194 valence electrons. The smallest absolute Gasteiger partial charge is 0.264 e. The molecule has 0 bridgehead atoms. The zero-order valence-electron chi connectivity index (χ0n) is 21.2. The largest absolute Gasteiger partial charge is 0.493 e. The van der Waals surface area contributed by atoms with Gasteiger partial charge >= 0.3 is 0 Å². The van der Waals surface area contributed by atoms with Crippen LogP contribution in [0, 0.1) is 5.82 Å². The third-order valence-electron chi connectivity index (χ3n) is 7.26. The van der Waals surface area contributed by atoms with Crippen LogP contribution in [0.25, 0.3) is 33.2 Å². The van der Waals surface area contributed by atoms with Crippen molar-refractivity contribution in [1.29, 1.82) is 0 Å². The minimum Gasteiger partial charge on any atom is -0.493 e. The number of aromatic nitrogens is 6. The highest BCUT2D eigenvalue weighted by Crippen LogP contribution is 2.38. The SMILES string of the molecule is COc1ccc(-c2nn(C(C)c3nc4cccc(F)c4c(=O)n3C3CCC3)c3ncnc(N)c23)cc1OC. The van der Waals surface area contributed by atoms with Gasteiger partial charge in [0.2, 0.25) is 0 Å². The molecule has 3 heterocycles. The van der Waals surface area contributed by atoms with Crippen LogP contribution < -0.4 is 20.8 Å². The maximum absolute atomic E-state index is 14.7. The Hall–Kier alpha value is -4.54. The Morgan fingerprint density at radius 1 is 1.08 bits per heavy atom. The molecule has 1 saturated carbocycles.